The lowest BCUT2D eigenvalue weighted by atomic mass is 10.1. The van der Waals surface area contributed by atoms with Gasteiger partial charge in [0.15, 0.2) is 0 Å². The van der Waals surface area contributed by atoms with Crippen LogP contribution >= 0.6 is 23.2 Å². The fourth-order valence-electron chi connectivity index (χ4n) is 1.40. The van der Waals surface area contributed by atoms with Crippen LogP contribution in [0.3, 0.4) is 0 Å². The summed E-state index contributed by atoms with van der Waals surface area (Å²) in [5.74, 6) is 0. The van der Waals surface area contributed by atoms with Gasteiger partial charge in [-0.05, 0) is 19.4 Å². The van der Waals surface area contributed by atoms with E-state index >= 15 is 0 Å². The summed E-state index contributed by atoms with van der Waals surface area (Å²) in [6.07, 6.45) is 3.77. The van der Waals surface area contributed by atoms with Gasteiger partial charge in [-0.2, -0.15) is 0 Å². The minimum absolute atomic E-state index is 0.420. The van der Waals surface area contributed by atoms with E-state index in [4.69, 9.17) is 27.9 Å². The van der Waals surface area contributed by atoms with Crippen molar-refractivity contribution in [2.75, 3.05) is 19.8 Å². The van der Waals surface area contributed by atoms with Crippen LogP contribution in [0.25, 0.3) is 0 Å². The second-order valence-corrected chi connectivity index (χ2v) is 3.92. The molecule has 0 radical (unpaired) electrons. The Balaban J connectivity index is 2.04. The average Bonchev–Trinajstić information content (AvgIpc) is 2.19. The van der Waals surface area contributed by atoms with Gasteiger partial charge in [0.05, 0.1) is 18.2 Å². The fraction of sp³-hybridized carbons (Fsp3) is 0.778. The lowest BCUT2D eigenvalue weighted by molar-refractivity contribution is 0.124. The van der Waals surface area contributed by atoms with Gasteiger partial charge in [-0.15, -0.1) is 0 Å². The highest BCUT2D eigenvalue weighted by Crippen LogP contribution is 2.08. The Kier molecular flexibility index (Phi) is 5.80. The molecule has 0 amide bonds. The second-order valence-electron chi connectivity index (χ2n) is 3.22. The third kappa shape index (κ3) is 4.87. The number of nitrogens with one attached hydrogen (secondary N) is 1. The van der Waals surface area contributed by atoms with Gasteiger partial charge in [0.1, 0.15) is 0 Å². The van der Waals surface area contributed by atoms with Crippen molar-refractivity contribution in [2.45, 2.75) is 25.3 Å². The van der Waals surface area contributed by atoms with E-state index in [-0.39, 0.29) is 0 Å². The molecule has 0 aromatic carbocycles. The van der Waals surface area contributed by atoms with Crippen molar-refractivity contribution < 1.29 is 4.74 Å². The molecule has 0 aromatic rings. The van der Waals surface area contributed by atoms with Crippen molar-refractivity contribution in [3.05, 3.63) is 10.6 Å². The summed E-state index contributed by atoms with van der Waals surface area (Å²) in [7, 11) is 0. The predicted octanol–water partition coefficient (Wildman–Crippen LogP) is 2.46. The number of hydrogen-bond donors (Lipinski definition) is 1. The maximum Gasteiger partial charge on any atom is 0.0832 e. The fourth-order valence-corrected chi connectivity index (χ4v) is 1.54. The van der Waals surface area contributed by atoms with Crippen molar-refractivity contribution in [3.63, 3.8) is 0 Å². The first kappa shape index (κ1) is 11.3. The van der Waals surface area contributed by atoms with Crippen molar-refractivity contribution in [3.8, 4) is 0 Å². The first-order valence-electron chi connectivity index (χ1n) is 4.59. The van der Waals surface area contributed by atoms with Crippen LogP contribution in [0.5, 0.6) is 0 Å². The van der Waals surface area contributed by atoms with E-state index in [1.54, 1.807) is 0 Å². The third-order valence-electron chi connectivity index (χ3n) is 2.09. The van der Waals surface area contributed by atoms with Crippen LogP contribution < -0.4 is 5.32 Å². The highest BCUT2D eigenvalue weighted by molar-refractivity contribution is 6.36. The maximum absolute atomic E-state index is 5.67. The van der Waals surface area contributed by atoms with Gasteiger partial charge in [0, 0.05) is 11.6 Å². The van der Waals surface area contributed by atoms with E-state index in [1.165, 1.54) is 24.8 Å². The SMILES string of the molecule is ClC=C(Cl)COCC1CCCCN1. The van der Waals surface area contributed by atoms with Gasteiger partial charge in [0.25, 0.3) is 0 Å². The van der Waals surface area contributed by atoms with Gasteiger partial charge in [0.2, 0.25) is 0 Å². The average molecular weight is 224 g/mol. The Morgan fingerprint density at radius 1 is 1.54 bits per heavy atom. The molecule has 0 aromatic heterocycles. The van der Waals surface area contributed by atoms with Crippen LogP contribution in [0.2, 0.25) is 0 Å². The summed E-state index contributed by atoms with van der Waals surface area (Å²) in [6, 6.07) is 0.494. The first-order valence-corrected chi connectivity index (χ1v) is 5.40. The van der Waals surface area contributed by atoms with E-state index in [0.717, 1.165) is 13.2 Å². The molecule has 13 heavy (non-hydrogen) atoms. The number of piperidine rings is 1. The van der Waals surface area contributed by atoms with Crippen molar-refractivity contribution in [1.29, 1.82) is 0 Å². The van der Waals surface area contributed by atoms with Gasteiger partial charge in [-0.25, -0.2) is 0 Å². The molecule has 0 saturated carbocycles. The Labute approximate surface area is 89.2 Å². The van der Waals surface area contributed by atoms with Gasteiger partial charge in [-0.3, -0.25) is 0 Å². The highest BCUT2D eigenvalue weighted by Gasteiger charge is 2.11. The molecule has 1 fully saturated rings. The summed E-state index contributed by atoms with van der Waals surface area (Å²) in [4.78, 5) is 0. The molecule has 1 heterocycles. The monoisotopic (exact) mass is 223 g/mol. The molecule has 0 spiro atoms. The predicted molar refractivity (Wildman–Crippen MR) is 56.2 cm³/mol. The molecular formula is C9H15Cl2NO. The largest absolute Gasteiger partial charge is 0.374 e. The summed E-state index contributed by atoms with van der Waals surface area (Å²) in [5.41, 5.74) is 1.34. The molecule has 1 aliphatic rings. The topological polar surface area (TPSA) is 21.3 Å². The molecule has 1 rings (SSSR count). The highest BCUT2D eigenvalue weighted by atomic mass is 35.5. The molecule has 1 unspecified atom stereocenters. The van der Waals surface area contributed by atoms with E-state index in [1.807, 2.05) is 0 Å². The number of ether oxygens (including phenoxy) is 1. The van der Waals surface area contributed by atoms with Crippen molar-refractivity contribution >= 4 is 23.2 Å². The van der Waals surface area contributed by atoms with Gasteiger partial charge < -0.3 is 10.1 Å². The van der Waals surface area contributed by atoms with Crippen LogP contribution in [0.15, 0.2) is 10.6 Å². The lowest BCUT2D eigenvalue weighted by Gasteiger charge is -2.22. The number of hydrogen-bond acceptors (Lipinski definition) is 2. The van der Waals surface area contributed by atoms with Crippen molar-refractivity contribution in [2.24, 2.45) is 0 Å². The Bertz CT molecular complexity index is 167. The summed E-state index contributed by atoms with van der Waals surface area (Å²) < 4.78 is 5.38. The summed E-state index contributed by atoms with van der Waals surface area (Å²) in [6.45, 7) is 2.25. The quantitative estimate of drug-likeness (QED) is 0.791. The van der Waals surface area contributed by atoms with Gasteiger partial charge in [-0.1, -0.05) is 29.6 Å². The first-order chi connectivity index (χ1) is 6.33. The van der Waals surface area contributed by atoms with Crippen LogP contribution in [0.4, 0.5) is 0 Å². The van der Waals surface area contributed by atoms with Gasteiger partial charge >= 0.3 is 0 Å². The van der Waals surface area contributed by atoms with Crippen LogP contribution in [0.1, 0.15) is 19.3 Å². The van der Waals surface area contributed by atoms with Crippen LogP contribution in [0, 0.1) is 0 Å². The third-order valence-corrected chi connectivity index (χ3v) is 2.68. The molecule has 1 atom stereocenters. The van der Waals surface area contributed by atoms with E-state index < -0.39 is 0 Å². The van der Waals surface area contributed by atoms with Crippen LogP contribution in [-0.2, 0) is 4.74 Å². The molecule has 1 aliphatic heterocycles. The van der Waals surface area contributed by atoms with Crippen LogP contribution in [-0.4, -0.2) is 25.8 Å². The van der Waals surface area contributed by atoms with E-state index in [2.05, 4.69) is 5.32 Å². The molecule has 1 N–H and O–H groups in total. The minimum Gasteiger partial charge on any atom is -0.374 e. The minimum atomic E-state index is 0.420. The molecule has 4 heteroatoms. The Morgan fingerprint density at radius 2 is 2.38 bits per heavy atom. The molecule has 2 nitrogen and oxygen atoms in total. The van der Waals surface area contributed by atoms with E-state index in [9.17, 15) is 0 Å². The molecular weight excluding hydrogens is 209 g/mol. The lowest BCUT2D eigenvalue weighted by Crippen LogP contribution is -2.37. The molecule has 0 aliphatic carbocycles. The molecule has 0 bridgehead atoms. The Hall–Kier alpha value is 0.240. The van der Waals surface area contributed by atoms with Crippen molar-refractivity contribution in [1.82, 2.24) is 5.32 Å². The number of rotatable bonds is 4. The second kappa shape index (κ2) is 6.66. The maximum atomic E-state index is 5.67. The standard InChI is InChI=1S/C9H15Cl2NO/c10-5-8(11)6-13-7-9-3-1-2-4-12-9/h5,9,12H,1-4,6-7H2. The number of halogens is 2. The van der Waals surface area contributed by atoms with E-state index in [0.29, 0.717) is 17.7 Å². The Morgan fingerprint density at radius 3 is 3.00 bits per heavy atom. The zero-order valence-corrected chi connectivity index (χ0v) is 9.07. The molecule has 1 saturated heterocycles. The molecule has 76 valence electrons. The smallest absolute Gasteiger partial charge is 0.0832 e. The summed E-state index contributed by atoms with van der Waals surface area (Å²) in [5, 5.41) is 3.94. The summed E-state index contributed by atoms with van der Waals surface area (Å²) >= 11 is 11.1. The zero-order valence-electron chi connectivity index (χ0n) is 7.56. The normalized spacial score (nSPS) is 24.8. The zero-order chi connectivity index (χ0) is 9.52.